The van der Waals surface area contributed by atoms with Gasteiger partial charge >= 0.3 is 18.1 Å². The van der Waals surface area contributed by atoms with Gasteiger partial charge < -0.3 is 10.2 Å². The van der Waals surface area contributed by atoms with Crippen LogP contribution < -0.4 is 0 Å². The van der Waals surface area contributed by atoms with E-state index in [9.17, 15) is 33.0 Å². The Morgan fingerprint density at radius 2 is 1.67 bits per heavy atom. The lowest BCUT2D eigenvalue weighted by Gasteiger charge is -2.56. The SMILES string of the molecule is CC12C[C@H](c3ccc(CN4CCC(C(=O)O)CC4)cc3)C3=C4CCC(=O)C=C4CCC3C1CC[C@@]2(O)C(F)(F)C(F)(F)F. The lowest BCUT2D eigenvalue weighted by Crippen LogP contribution is -2.65. The minimum Gasteiger partial charge on any atom is -0.481 e. The molecule has 10 heteroatoms. The van der Waals surface area contributed by atoms with Gasteiger partial charge in [-0.1, -0.05) is 36.8 Å². The second kappa shape index (κ2) is 10.5. The largest absolute Gasteiger partial charge is 0.481 e. The van der Waals surface area contributed by atoms with E-state index in [1.807, 2.05) is 24.3 Å². The second-order valence-corrected chi connectivity index (χ2v) is 13.6. The fourth-order valence-electron chi connectivity index (χ4n) is 9.17. The molecule has 3 unspecified atom stereocenters. The zero-order chi connectivity index (χ0) is 30.9. The standard InChI is InChI=1S/C33H38F5NO4/c1-30-17-26(20-4-2-19(3-5-20)18-39-14-11-21(12-15-39)29(41)42)28-24-9-7-23(40)16-22(24)6-8-25(28)27(30)10-13-31(30,43)32(34,35)33(36,37)38/h2-5,16,21,25-27,43H,6-15,17-18H2,1H3,(H,41,42)/t25?,26-,27?,30?,31+/m1/s1. The maximum atomic E-state index is 15.2. The Labute approximate surface area is 247 Å². The smallest absolute Gasteiger partial charge is 0.456 e. The van der Waals surface area contributed by atoms with Gasteiger partial charge in [0.25, 0.3) is 0 Å². The van der Waals surface area contributed by atoms with Crippen LogP contribution in [0.3, 0.4) is 0 Å². The molecule has 0 aromatic heterocycles. The van der Waals surface area contributed by atoms with Gasteiger partial charge in [-0.05, 0) is 105 Å². The maximum absolute atomic E-state index is 15.2. The van der Waals surface area contributed by atoms with E-state index in [0.29, 0.717) is 58.2 Å². The van der Waals surface area contributed by atoms with E-state index in [-0.39, 0.29) is 30.5 Å². The number of hydrogen-bond acceptors (Lipinski definition) is 4. The van der Waals surface area contributed by atoms with Crippen molar-refractivity contribution in [1.29, 1.82) is 0 Å². The van der Waals surface area contributed by atoms with E-state index >= 15 is 8.78 Å². The van der Waals surface area contributed by atoms with Crippen molar-refractivity contribution < 1.29 is 41.8 Å². The van der Waals surface area contributed by atoms with Crippen LogP contribution in [0.2, 0.25) is 0 Å². The van der Waals surface area contributed by atoms with Crippen molar-refractivity contribution in [2.75, 3.05) is 13.1 Å². The summed E-state index contributed by atoms with van der Waals surface area (Å²) in [5.41, 5.74) is -0.0426. The summed E-state index contributed by atoms with van der Waals surface area (Å²) in [6.07, 6.45) is -1.62. The first-order chi connectivity index (χ1) is 20.2. The average Bonchev–Trinajstić information content (AvgIpc) is 3.24. The van der Waals surface area contributed by atoms with Crippen molar-refractivity contribution in [2.24, 2.45) is 23.2 Å². The molecule has 0 bridgehead atoms. The van der Waals surface area contributed by atoms with Gasteiger partial charge in [-0.2, -0.15) is 22.0 Å². The minimum atomic E-state index is -5.87. The molecule has 4 aliphatic carbocycles. The molecule has 3 fully saturated rings. The van der Waals surface area contributed by atoms with Crippen LogP contribution in [0, 0.1) is 23.2 Å². The quantitative estimate of drug-likeness (QED) is 0.360. The summed E-state index contributed by atoms with van der Waals surface area (Å²) in [7, 11) is 0. The normalized spacial score (nSPS) is 34.0. The third-order valence-electron chi connectivity index (χ3n) is 11.5. The Hall–Kier alpha value is -2.59. The van der Waals surface area contributed by atoms with E-state index < -0.39 is 47.3 Å². The van der Waals surface area contributed by atoms with Gasteiger partial charge in [0.1, 0.15) is 5.60 Å². The number of alkyl halides is 5. The number of halogens is 5. The molecule has 1 aliphatic heterocycles. The number of rotatable bonds is 5. The van der Waals surface area contributed by atoms with Gasteiger partial charge in [0.2, 0.25) is 0 Å². The number of carboxylic acid groups (broad SMARTS) is 1. The molecule has 6 rings (SSSR count). The van der Waals surface area contributed by atoms with Crippen molar-refractivity contribution in [3.8, 4) is 0 Å². The molecule has 2 N–H and O–H groups in total. The average molecular weight is 608 g/mol. The Kier molecular flexibility index (Phi) is 7.43. The highest BCUT2D eigenvalue weighted by Crippen LogP contribution is 2.70. The van der Waals surface area contributed by atoms with Crippen LogP contribution in [-0.2, 0) is 16.1 Å². The molecule has 1 aromatic carbocycles. The molecule has 1 saturated heterocycles. The number of carboxylic acids is 1. The summed E-state index contributed by atoms with van der Waals surface area (Å²) in [5.74, 6) is -7.56. The molecular formula is C33H38F5NO4. The van der Waals surface area contributed by atoms with Crippen molar-refractivity contribution >= 4 is 11.8 Å². The minimum absolute atomic E-state index is 0.0432. The first-order valence-electron chi connectivity index (χ1n) is 15.3. The number of nitrogens with zero attached hydrogens (tertiary/aromatic N) is 1. The number of piperidine rings is 1. The monoisotopic (exact) mass is 607 g/mol. The molecule has 1 heterocycles. The number of allylic oxidation sites excluding steroid dienone is 4. The van der Waals surface area contributed by atoms with Crippen molar-refractivity contribution in [3.05, 3.63) is 58.2 Å². The number of hydrogen-bond donors (Lipinski definition) is 2. The van der Waals surface area contributed by atoms with E-state index in [1.165, 1.54) is 6.92 Å². The van der Waals surface area contributed by atoms with Crippen LogP contribution in [0.5, 0.6) is 0 Å². The summed E-state index contributed by atoms with van der Waals surface area (Å²) in [6.45, 7) is 3.39. The summed E-state index contributed by atoms with van der Waals surface area (Å²) in [4.78, 5) is 25.7. The van der Waals surface area contributed by atoms with Gasteiger partial charge in [0.15, 0.2) is 5.78 Å². The molecule has 5 aliphatic rings. The highest BCUT2D eigenvalue weighted by atomic mass is 19.4. The predicted molar refractivity (Wildman–Crippen MR) is 148 cm³/mol. The van der Waals surface area contributed by atoms with Crippen LogP contribution in [0.15, 0.2) is 47.1 Å². The van der Waals surface area contributed by atoms with Gasteiger partial charge in [-0.3, -0.25) is 14.5 Å². The van der Waals surface area contributed by atoms with E-state index in [1.54, 1.807) is 6.08 Å². The molecule has 234 valence electrons. The number of aliphatic carboxylic acids is 1. The van der Waals surface area contributed by atoms with Crippen molar-refractivity contribution in [1.82, 2.24) is 4.90 Å². The summed E-state index contributed by atoms with van der Waals surface area (Å²) >= 11 is 0. The third kappa shape index (κ3) is 4.78. The molecule has 0 spiro atoms. The van der Waals surface area contributed by atoms with E-state index in [0.717, 1.165) is 27.8 Å². The van der Waals surface area contributed by atoms with Crippen LogP contribution in [0.1, 0.15) is 81.8 Å². The first kappa shape index (κ1) is 30.4. The van der Waals surface area contributed by atoms with Crippen LogP contribution in [0.25, 0.3) is 0 Å². The zero-order valence-electron chi connectivity index (χ0n) is 24.2. The summed E-state index contributed by atoms with van der Waals surface area (Å²) < 4.78 is 71.7. The first-order valence-corrected chi connectivity index (χ1v) is 15.3. The van der Waals surface area contributed by atoms with Crippen LogP contribution in [0.4, 0.5) is 22.0 Å². The fraction of sp³-hybridized carbons (Fsp3) is 0.636. The van der Waals surface area contributed by atoms with Gasteiger partial charge in [-0.15, -0.1) is 0 Å². The molecule has 0 radical (unpaired) electrons. The van der Waals surface area contributed by atoms with Gasteiger partial charge in [-0.25, -0.2) is 0 Å². The summed E-state index contributed by atoms with van der Waals surface area (Å²) in [6, 6.07) is 7.73. The Morgan fingerprint density at radius 3 is 2.30 bits per heavy atom. The number of likely N-dealkylation sites (tertiary alicyclic amines) is 1. The molecule has 5 atom stereocenters. The van der Waals surface area contributed by atoms with Crippen LogP contribution in [-0.4, -0.2) is 57.7 Å². The molecule has 1 aromatic rings. The number of benzene rings is 1. The maximum Gasteiger partial charge on any atom is 0.456 e. The lowest BCUT2D eigenvalue weighted by molar-refractivity contribution is -0.362. The van der Waals surface area contributed by atoms with Crippen LogP contribution >= 0.6 is 0 Å². The molecule has 5 nitrogen and oxygen atoms in total. The van der Waals surface area contributed by atoms with E-state index in [4.69, 9.17) is 0 Å². The highest BCUT2D eigenvalue weighted by molar-refractivity contribution is 5.93. The zero-order valence-corrected chi connectivity index (χ0v) is 24.2. The Bertz CT molecular complexity index is 1360. The Balaban J connectivity index is 1.36. The van der Waals surface area contributed by atoms with Crippen molar-refractivity contribution in [2.45, 2.75) is 94.9 Å². The lowest BCUT2D eigenvalue weighted by atomic mass is 9.50. The number of carbonyl (C=O) groups excluding carboxylic acids is 1. The summed E-state index contributed by atoms with van der Waals surface area (Å²) in [5, 5.41) is 20.7. The third-order valence-corrected chi connectivity index (χ3v) is 11.5. The number of carbonyl (C=O) groups is 2. The predicted octanol–water partition coefficient (Wildman–Crippen LogP) is 6.81. The number of fused-ring (bicyclic) bond motifs is 4. The van der Waals surface area contributed by atoms with Gasteiger partial charge in [0.05, 0.1) is 5.92 Å². The molecule has 43 heavy (non-hydrogen) atoms. The van der Waals surface area contributed by atoms with E-state index in [2.05, 4.69) is 4.90 Å². The fourth-order valence-corrected chi connectivity index (χ4v) is 9.17. The topological polar surface area (TPSA) is 77.8 Å². The van der Waals surface area contributed by atoms with Gasteiger partial charge in [0, 0.05) is 24.3 Å². The molecular weight excluding hydrogens is 569 g/mol. The van der Waals surface area contributed by atoms with Crippen molar-refractivity contribution in [3.63, 3.8) is 0 Å². The molecule has 2 saturated carbocycles. The Morgan fingerprint density at radius 1 is 1.00 bits per heavy atom. The number of aliphatic hydroxyl groups is 1. The highest BCUT2D eigenvalue weighted by Gasteiger charge is 2.79. The second-order valence-electron chi connectivity index (χ2n) is 13.6. The molecule has 0 amide bonds. The number of ketones is 1.